The van der Waals surface area contributed by atoms with Gasteiger partial charge in [-0.15, -0.1) is 0 Å². The maximum Gasteiger partial charge on any atom is 0.335 e. The highest BCUT2D eigenvalue weighted by Gasteiger charge is 2.04. The summed E-state index contributed by atoms with van der Waals surface area (Å²) in [4.78, 5) is 23.2. The van der Waals surface area contributed by atoms with Crippen LogP contribution in [0.1, 0.15) is 20.7 Å². The lowest BCUT2D eigenvalue weighted by molar-refractivity contribution is 0.0696. The standard InChI is InChI=1S/C14H10O3S/c15-9-10-4-6-12(7-5-10)18-13-3-1-2-11(8-13)14(16)17/h1-9H,(H,16,17). The molecule has 90 valence electrons. The van der Waals surface area contributed by atoms with Gasteiger partial charge in [-0.1, -0.05) is 30.0 Å². The topological polar surface area (TPSA) is 54.4 Å². The molecule has 3 nitrogen and oxygen atoms in total. The Morgan fingerprint density at radius 1 is 1.06 bits per heavy atom. The molecule has 0 aliphatic rings. The van der Waals surface area contributed by atoms with E-state index in [0.29, 0.717) is 5.56 Å². The number of aldehydes is 1. The van der Waals surface area contributed by atoms with E-state index in [0.717, 1.165) is 16.1 Å². The van der Waals surface area contributed by atoms with Gasteiger partial charge in [0.25, 0.3) is 0 Å². The third kappa shape index (κ3) is 2.99. The lowest BCUT2D eigenvalue weighted by Crippen LogP contribution is -1.95. The zero-order valence-electron chi connectivity index (χ0n) is 9.37. The summed E-state index contributed by atoms with van der Waals surface area (Å²) >= 11 is 1.46. The van der Waals surface area contributed by atoms with E-state index in [1.54, 1.807) is 30.3 Å². The van der Waals surface area contributed by atoms with Crippen molar-refractivity contribution in [3.8, 4) is 0 Å². The van der Waals surface area contributed by atoms with Gasteiger partial charge in [-0.3, -0.25) is 4.79 Å². The Morgan fingerprint density at radius 2 is 1.78 bits per heavy atom. The van der Waals surface area contributed by atoms with E-state index in [1.807, 2.05) is 18.2 Å². The van der Waals surface area contributed by atoms with E-state index in [2.05, 4.69) is 0 Å². The summed E-state index contributed by atoms with van der Waals surface area (Å²) in [5, 5.41) is 8.90. The van der Waals surface area contributed by atoms with Crippen LogP contribution in [0.15, 0.2) is 58.3 Å². The van der Waals surface area contributed by atoms with Crippen molar-refractivity contribution >= 4 is 24.0 Å². The second kappa shape index (κ2) is 5.51. The lowest BCUT2D eigenvalue weighted by atomic mass is 10.2. The smallest absolute Gasteiger partial charge is 0.335 e. The fraction of sp³-hybridized carbons (Fsp3) is 0. The molecule has 1 N–H and O–H groups in total. The maximum atomic E-state index is 10.8. The normalized spacial score (nSPS) is 10.0. The van der Waals surface area contributed by atoms with Gasteiger partial charge in [-0.05, 0) is 30.3 Å². The Morgan fingerprint density at radius 3 is 2.39 bits per heavy atom. The van der Waals surface area contributed by atoms with E-state index >= 15 is 0 Å². The van der Waals surface area contributed by atoms with Gasteiger partial charge < -0.3 is 5.11 Å². The molecule has 0 aromatic heterocycles. The number of aromatic carboxylic acids is 1. The van der Waals surface area contributed by atoms with Crippen LogP contribution in [0, 0.1) is 0 Å². The number of carbonyl (C=O) groups is 2. The molecular weight excluding hydrogens is 248 g/mol. The molecule has 0 saturated heterocycles. The first-order valence-electron chi connectivity index (χ1n) is 5.25. The van der Waals surface area contributed by atoms with E-state index < -0.39 is 5.97 Å². The third-order valence-corrected chi connectivity index (χ3v) is 3.33. The molecule has 2 rings (SSSR count). The number of carboxylic acids is 1. The molecule has 4 heteroatoms. The highest BCUT2D eigenvalue weighted by atomic mass is 32.2. The predicted molar refractivity (Wildman–Crippen MR) is 69.4 cm³/mol. The van der Waals surface area contributed by atoms with Gasteiger partial charge in [-0.2, -0.15) is 0 Å². The summed E-state index contributed by atoms with van der Waals surface area (Å²) in [6.07, 6.45) is 0.791. The number of carboxylic acid groups (broad SMARTS) is 1. The third-order valence-electron chi connectivity index (χ3n) is 2.33. The fourth-order valence-corrected chi connectivity index (χ4v) is 2.32. The second-order valence-corrected chi connectivity index (χ2v) is 4.77. The minimum absolute atomic E-state index is 0.268. The van der Waals surface area contributed by atoms with Gasteiger partial charge in [0.1, 0.15) is 6.29 Å². The van der Waals surface area contributed by atoms with Crippen molar-refractivity contribution in [3.05, 3.63) is 59.7 Å². The molecule has 0 aliphatic carbocycles. The largest absolute Gasteiger partial charge is 0.478 e. The highest BCUT2D eigenvalue weighted by molar-refractivity contribution is 7.99. The molecule has 0 fully saturated rings. The Bertz CT molecular complexity index is 576. The molecule has 0 atom stereocenters. The number of carbonyl (C=O) groups excluding carboxylic acids is 1. The van der Waals surface area contributed by atoms with Gasteiger partial charge in [0.05, 0.1) is 5.56 Å². The monoisotopic (exact) mass is 258 g/mol. The van der Waals surface area contributed by atoms with Crippen LogP contribution in [0.2, 0.25) is 0 Å². The van der Waals surface area contributed by atoms with Gasteiger partial charge in [0.15, 0.2) is 0 Å². The molecule has 0 unspecified atom stereocenters. The molecule has 0 radical (unpaired) electrons. The Hall–Kier alpha value is -2.07. The summed E-state index contributed by atoms with van der Waals surface area (Å²) < 4.78 is 0. The fourth-order valence-electron chi connectivity index (χ4n) is 1.44. The first kappa shape index (κ1) is 12.4. The molecule has 0 saturated carbocycles. The average Bonchev–Trinajstić information content (AvgIpc) is 2.40. The summed E-state index contributed by atoms with van der Waals surface area (Å²) in [5.41, 5.74) is 0.892. The van der Waals surface area contributed by atoms with Gasteiger partial charge in [0.2, 0.25) is 0 Å². The molecule has 0 heterocycles. The minimum Gasteiger partial charge on any atom is -0.478 e. The van der Waals surface area contributed by atoms with Crippen molar-refractivity contribution in [3.63, 3.8) is 0 Å². The molecule has 2 aromatic rings. The zero-order chi connectivity index (χ0) is 13.0. The quantitative estimate of drug-likeness (QED) is 0.854. The van der Waals surface area contributed by atoms with Crippen molar-refractivity contribution in [1.29, 1.82) is 0 Å². The Kier molecular flexibility index (Phi) is 3.79. The van der Waals surface area contributed by atoms with Gasteiger partial charge in [0, 0.05) is 15.4 Å². The number of rotatable bonds is 4. The number of hydrogen-bond acceptors (Lipinski definition) is 3. The van der Waals surface area contributed by atoms with Gasteiger partial charge >= 0.3 is 5.97 Å². The summed E-state index contributed by atoms with van der Waals surface area (Å²) in [6.45, 7) is 0. The molecule has 18 heavy (non-hydrogen) atoms. The van der Waals surface area contributed by atoms with Crippen LogP contribution in [0.3, 0.4) is 0 Å². The molecule has 0 amide bonds. The van der Waals surface area contributed by atoms with Crippen LogP contribution in [0.25, 0.3) is 0 Å². The first-order valence-corrected chi connectivity index (χ1v) is 6.07. The SMILES string of the molecule is O=Cc1ccc(Sc2cccc(C(=O)O)c2)cc1. The molecule has 0 aliphatic heterocycles. The number of hydrogen-bond donors (Lipinski definition) is 1. The van der Waals surface area contributed by atoms with Crippen molar-refractivity contribution in [1.82, 2.24) is 0 Å². The van der Waals surface area contributed by atoms with Crippen LogP contribution < -0.4 is 0 Å². The first-order chi connectivity index (χ1) is 8.69. The summed E-state index contributed by atoms with van der Waals surface area (Å²) in [6, 6.07) is 13.9. The molecule has 0 bridgehead atoms. The molecular formula is C14H10O3S. The van der Waals surface area contributed by atoms with Crippen LogP contribution in [0.5, 0.6) is 0 Å². The second-order valence-electron chi connectivity index (χ2n) is 3.62. The lowest BCUT2D eigenvalue weighted by Gasteiger charge is -2.03. The van der Waals surface area contributed by atoms with E-state index in [4.69, 9.17) is 5.11 Å². The minimum atomic E-state index is -0.936. The Labute approximate surface area is 108 Å². The average molecular weight is 258 g/mol. The zero-order valence-corrected chi connectivity index (χ0v) is 10.2. The summed E-state index contributed by atoms with van der Waals surface area (Å²) in [5.74, 6) is -0.936. The van der Waals surface area contributed by atoms with E-state index in [9.17, 15) is 9.59 Å². The predicted octanol–water partition coefficient (Wildman–Crippen LogP) is 3.35. The molecule has 2 aromatic carbocycles. The van der Waals surface area contributed by atoms with Crippen molar-refractivity contribution in [2.24, 2.45) is 0 Å². The highest BCUT2D eigenvalue weighted by Crippen LogP contribution is 2.28. The van der Waals surface area contributed by atoms with E-state index in [1.165, 1.54) is 11.8 Å². The van der Waals surface area contributed by atoms with Crippen LogP contribution in [0.4, 0.5) is 0 Å². The summed E-state index contributed by atoms with van der Waals surface area (Å²) in [7, 11) is 0. The van der Waals surface area contributed by atoms with Crippen LogP contribution in [-0.4, -0.2) is 17.4 Å². The Balaban J connectivity index is 2.19. The van der Waals surface area contributed by atoms with Crippen molar-refractivity contribution in [2.75, 3.05) is 0 Å². The van der Waals surface area contributed by atoms with Crippen LogP contribution >= 0.6 is 11.8 Å². The van der Waals surface area contributed by atoms with Crippen molar-refractivity contribution in [2.45, 2.75) is 9.79 Å². The maximum absolute atomic E-state index is 10.8. The number of benzene rings is 2. The van der Waals surface area contributed by atoms with Crippen LogP contribution in [-0.2, 0) is 0 Å². The van der Waals surface area contributed by atoms with E-state index in [-0.39, 0.29) is 5.56 Å². The van der Waals surface area contributed by atoms with Gasteiger partial charge in [-0.25, -0.2) is 4.79 Å². The molecule has 0 spiro atoms. The van der Waals surface area contributed by atoms with Crippen molar-refractivity contribution < 1.29 is 14.7 Å².